The molecule has 0 atom stereocenters. The van der Waals surface area contributed by atoms with Gasteiger partial charge in [-0.1, -0.05) is 30.7 Å². The largest absolute Gasteiger partial charge is 0.488 e. The maximum atomic E-state index is 13.8. The molecule has 0 radical (unpaired) electrons. The number of aliphatic hydroxyl groups excluding tert-OH is 1. The number of nitrogens with zero attached hydrogens (tertiary/aromatic N) is 2. The van der Waals surface area contributed by atoms with Crippen LogP contribution in [0.2, 0.25) is 0 Å². The number of aryl methyl sites for hydroxylation is 1. The van der Waals surface area contributed by atoms with Crippen molar-refractivity contribution in [3.05, 3.63) is 114 Å². The number of aliphatic hydroxyl groups is 1. The maximum absolute atomic E-state index is 13.8. The van der Waals surface area contributed by atoms with Crippen molar-refractivity contribution in [1.82, 2.24) is 9.88 Å². The summed E-state index contributed by atoms with van der Waals surface area (Å²) in [7, 11) is 3.64. The highest BCUT2D eigenvalue weighted by atomic mass is 35.5. The van der Waals surface area contributed by atoms with Gasteiger partial charge in [-0.2, -0.15) is 0 Å². The number of hydrogen-bond acceptors (Lipinski definition) is 4. The highest BCUT2D eigenvalue weighted by molar-refractivity contribution is 6.30. The summed E-state index contributed by atoms with van der Waals surface area (Å²) >= 11 is 6.52. The lowest BCUT2D eigenvalue weighted by Crippen LogP contribution is -2.24. The molecule has 0 unspecified atom stereocenters. The summed E-state index contributed by atoms with van der Waals surface area (Å²) < 4.78 is 21.7. The number of halogens is 2. The number of aliphatic imine (C=N–C) groups is 1. The summed E-state index contributed by atoms with van der Waals surface area (Å²) in [6, 6.07) is 8.29. The first-order valence-electron chi connectivity index (χ1n) is 13.6. The average Bonchev–Trinajstić information content (AvgIpc) is 3.39. The van der Waals surface area contributed by atoms with E-state index in [9.17, 15) is 4.39 Å². The van der Waals surface area contributed by atoms with E-state index in [1.807, 2.05) is 51.4 Å². The van der Waals surface area contributed by atoms with Crippen LogP contribution in [0.1, 0.15) is 38.7 Å². The van der Waals surface area contributed by atoms with Crippen LogP contribution in [0.4, 0.5) is 10.1 Å². The Bertz CT molecular complexity index is 1330. The van der Waals surface area contributed by atoms with Crippen LogP contribution in [0.15, 0.2) is 113 Å². The number of ether oxygens (including phenoxy) is 1. The summed E-state index contributed by atoms with van der Waals surface area (Å²) in [6.45, 7) is 10.9. The van der Waals surface area contributed by atoms with Crippen molar-refractivity contribution in [2.75, 3.05) is 32.6 Å². The van der Waals surface area contributed by atoms with Crippen LogP contribution in [0.25, 0.3) is 11.1 Å². The second-order valence-electron chi connectivity index (χ2n) is 9.17. The van der Waals surface area contributed by atoms with E-state index in [2.05, 4.69) is 57.7 Å². The van der Waals surface area contributed by atoms with Crippen molar-refractivity contribution < 1.29 is 14.2 Å². The molecule has 3 N–H and O–H groups in total. The fraction of sp³-hybridized carbons (Fsp3) is 0.303. The van der Waals surface area contributed by atoms with Gasteiger partial charge in [-0.15, -0.1) is 13.2 Å². The molecule has 1 heterocycles. The van der Waals surface area contributed by atoms with Crippen LogP contribution in [0.5, 0.6) is 0 Å². The molecule has 0 bridgehead atoms. The predicted molar refractivity (Wildman–Crippen MR) is 172 cm³/mol. The Hall–Kier alpha value is -3.81. The van der Waals surface area contributed by atoms with E-state index in [-0.39, 0.29) is 19.0 Å². The van der Waals surface area contributed by atoms with Gasteiger partial charge in [0.25, 0.3) is 0 Å². The number of benzene rings is 1. The Morgan fingerprint density at radius 1 is 1.24 bits per heavy atom. The summed E-state index contributed by atoms with van der Waals surface area (Å²) in [4.78, 5) is 4.54. The Kier molecular flexibility index (Phi) is 14.5. The van der Waals surface area contributed by atoms with Gasteiger partial charge in [0.15, 0.2) is 0 Å². The van der Waals surface area contributed by atoms with E-state index in [0.717, 1.165) is 40.2 Å². The number of allylic oxidation sites excluding steroid dienone is 7. The van der Waals surface area contributed by atoms with Gasteiger partial charge in [-0.25, -0.2) is 4.39 Å². The summed E-state index contributed by atoms with van der Waals surface area (Å²) in [5.41, 5.74) is 5.62. The smallest absolute Gasteiger partial charge is 0.134 e. The minimum Gasteiger partial charge on any atom is -0.488 e. The number of nitrogens with one attached hydrogen (secondary N) is 2. The minimum atomic E-state index is -0.265. The Morgan fingerprint density at radius 3 is 2.71 bits per heavy atom. The molecule has 6 nitrogen and oxygen atoms in total. The lowest BCUT2D eigenvalue weighted by molar-refractivity contribution is 0.251. The summed E-state index contributed by atoms with van der Waals surface area (Å²) in [5, 5.41) is 16.4. The number of rotatable bonds is 12. The Morgan fingerprint density at radius 2 is 2.02 bits per heavy atom. The van der Waals surface area contributed by atoms with Gasteiger partial charge in [-0.05, 0) is 79.0 Å². The molecule has 0 amide bonds. The first-order valence-corrected chi connectivity index (χ1v) is 14.0. The zero-order chi connectivity index (χ0) is 30.2. The normalized spacial score (nSPS) is 14.2. The van der Waals surface area contributed by atoms with Crippen molar-refractivity contribution in [2.24, 2.45) is 4.99 Å². The molecular formula is C33H42ClFN4O2. The van der Waals surface area contributed by atoms with Crippen LogP contribution < -0.4 is 10.6 Å². The Labute approximate surface area is 249 Å². The van der Waals surface area contributed by atoms with E-state index < -0.39 is 0 Å². The third kappa shape index (κ3) is 10.3. The van der Waals surface area contributed by atoms with Gasteiger partial charge in [0.05, 0.1) is 5.03 Å². The maximum Gasteiger partial charge on any atom is 0.134 e. The van der Waals surface area contributed by atoms with E-state index >= 15 is 0 Å². The summed E-state index contributed by atoms with van der Waals surface area (Å²) in [6.07, 6.45) is 14.7. The van der Waals surface area contributed by atoms with Crippen molar-refractivity contribution >= 4 is 23.1 Å². The molecular weight excluding hydrogens is 539 g/mol. The van der Waals surface area contributed by atoms with Crippen LogP contribution in [0, 0.1) is 0 Å². The van der Waals surface area contributed by atoms with Crippen molar-refractivity contribution in [2.45, 2.75) is 39.7 Å². The molecule has 41 heavy (non-hydrogen) atoms. The molecule has 0 spiro atoms. The quantitative estimate of drug-likeness (QED) is 0.103. The molecule has 1 aromatic heterocycles. The summed E-state index contributed by atoms with van der Waals surface area (Å²) in [5.74, 6) is 0.990. The molecule has 220 valence electrons. The predicted octanol–water partition coefficient (Wildman–Crippen LogP) is 7.87. The molecule has 0 saturated heterocycles. The van der Waals surface area contributed by atoms with Crippen LogP contribution in [0.3, 0.4) is 0 Å². The van der Waals surface area contributed by atoms with E-state index in [0.29, 0.717) is 35.9 Å². The second kappa shape index (κ2) is 17.8. The third-order valence-corrected chi connectivity index (χ3v) is 6.45. The molecule has 0 aliphatic heterocycles. The molecule has 2 aromatic rings. The Balaban J connectivity index is 0.00000287. The highest BCUT2D eigenvalue weighted by Gasteiger charge is 2.14. The molecule has 0 saturated carbocycles. The van der Waals surface area contributed by atoms with E-state index in [1.165, 1.54) is 12.2 Å². The topological polar surface area (TPSA) is 70.8 Å². The van der Waals surface area contributed by atoms with Crippen LogP contribution in [-0.4, -0.2) is 42.8 Å². The first-order chi connectivity index (χ1) is 19.9. The average molecular weight is 581 g/mol. The van der Waals surface area contributed by atoms with Crippen molar-refractivity contribution in [1.29, 1.82) is 0 Å². The first kappa shape index (κ1) is 33.4. The molecule has 0 fully saturated rings. The van der Waals surface area contributed by atoms with Crippen LogP contribution in [-0.2, 0) is 11.3 Å². The highest BCUT2D eigenvalue weighted by Crippen LogP contribution is 2.27. The standard InChI is InChI=1S/C31H38ClFN4O2.C2H4/c1-5-7-25(33)18-22(2)21-39-30-13-10-26(9-11-28(30)32)36-31(35-4)27-19-23(8-12-29(27)34-3)24-14-16-37(20-24)15-6-17-38;1-2/h7-10,12-14,16,18-20,34,38H,5-6,11,15,17,21H2,1-4H3,(H,35,36);1-2H2/b22-18+,25-7+;. The molecule has 3 rings (SSSR count). The number of hydrogen-bond donors (Lipinski definition) is 3. The third-order valence-electron chi connectivity index (χ3n) is 6.11. The van der Waals surface area contributed by atoms with Gasteiger partial charge in [0.1, 0.15) is 24.0 Å². The van der Waals surface area contributed by atoms with E-state index in [1.54, 1.807) is 7.05 Å². The molecule has 1 aliphatic carbocycles. The number of anilines is 1. The van der Waals surface area contributed by atoms with Crippen molar-refractivity contribution in [3.8, 4) is 11.1 Å². The monoisotopic (exact) mass is 580 g/mol. The molecule has 8 heteroatoms. The zero-order valence-electron chi connectivity index (χ0n) is 24.5. The van der Waals surface area contributed by atoms with Crippen molar-refractivity contribution in [3.63, 3.8) is 0 Å². The van der Waals surface area contributed by atoms with Gasteiger partial charge in [0.2, 0.25) is 0 Å². The van der Waals surface area contributed by atoms with Gasteiger partial charge in [0, 0.05) is 63.0 Å². The lowest BCUT2D eigenvalue weighted by atomic mass is 10.0. The fourth-order valence-electron chi connectivity index (χ4n) is 4.09. The second-order valence-corrected chi connectivity index (χ2v) is 9.62. The van der Waals surface area contributed by atoms with Crippen LogP contribution >= 0.6 is 11.6 Å². The number of aromatic nitrogens is 1. The fourth-order valence-corrected chi connectivity index (χ4v) is 4.28. The lowest BCUT2D eigenvalue weighted by Gasteiger charge is -2.15. The van der Waals surface area contributed by atoms with Gasteiger partial charge in [-0.3, -0.25) is 4.99 Å². The van der Waals surface area contributed by atoms with Gasteiger partial charge < -0.3 is 25.0 Å². The van der Waals surface area contributed by atoms with Gasteiger partial charge >= 0.3 is 0 Å². The number of amidine groups is 1. The van der Waals surface area contributed by atoms with E-state index in [4.69, 9.17) is 21.4 Å². The minimum absolute atomic E-state index is 0.169. The molecule has 1 aliphatic rings. The SMILES string of the molecule is C=C.CC/C=C(F)\C=C(/C)COC1=C(Cl)CC=C(NC(=NC)c2cc(-c3ccn(CCCO)c3)ccc2NC)C=C1. The molecule has 1 aromatic carbocycles. The zero-order valence-corrected chi connectivity index (χ0v) is 25.3.